The van der Waals surface area contributed by atoms with Crippen molar-refractivity contribution in [2.75, 3.05) is 0 Å². The maximum absolute atomic E-state index is 5.10. The average molecular weight is 159 g/mol. The van der Waals surface area contributed by atoms with Gasteiger partial charge in [0.1, 0.15) is 0 Å². The van der Waals surface area contributed by atoms with E-state index in [9.17, 15) is 0 Å². The summed E-state index contributed by atoms with van der Waals surface area (Å²) in [5.41, 5.74) is 5.10. The van der Waals surface area contributed by atoms with Crippen molar-refractivity contribution in [1.29, 1.82) is 0 Å². The Bertz CT molecular complexity index is 195. The Balaban J connectivity index is 2.58. The highest BCUT2D eigenvalue weighted by molar-refractivity contribution is 7.80. The zero-order chi connectivity index (χ0) is 6.69. The van der Waals surface area contributed by atoms with Crippen molar-refractivity contribution in [3.8, 4) is 5.06 Å². The van der Waals surface area contributed by atoms with Crippen LogP contribution in [0, 0.1) is 0 Å². The molecule has 1 heterocycles. The Morgan fingerprint density at radius 1 is 1.78 bits per heavy atom. The molecule has 4 heteroatoms. The van der Waals surface area contributed by atoms with Crippen molar-refractivity contribution in [1.82, 2.24) is 0 Å². The molecule has 1 rings (SSSR count). The molecule has 0 spiro atoms. The molecule has 0 saturated carbocycles. The van der Waals surface area contributed by atoms with E-state index in [1.54, 1.807) is 0 Å². The first-order valence-electron chi connectivity index (χ1n) is 2.30. The van der Waals surface area contributed by atoms with Crippen LogP contribution in [0.4, 0.5) is 0 Å². The normalized spacial score (nSPS) is 8.89. The summed E-state index contributed by atoms with van der Waals surface area (Å²) in [6.07, 6.45) is 0. The minimum absolute atomic E-state index is 0.0671. The van der Waals surface area contributed by atoms with E-state index < -0.39 is 0 Å². The van der Waals surface area contributed by atoms with Crippen LogP contribution in [0.1, 0.15) is 0 Å². The first-order chi connectivity index (χ1) is 4.29. The Morgan fingerprint density at radius 2 is 2.56 bits per heavy atom. The summed E-state index contributed by atoms with van der Waals surface area (Å²) in [5.74, 6) is 0. The lowest BCUT2D eigenvalue weighted by atomic mass is 10.7. The van der Waals surface area contributed by atoms with Crippen molar-refractivity contribution in [2.24, 2.45) is 5.73 Å². The number of hydrogen-bond donors (Lipinski definition) is 1. The van der Waals surface area contributed by atoms with Crippen molar-refractivity contribution in [2.45, 2.75) is 0 Å². The third kappa shape index (κ3) is 1.99. The molecule has 0 aliphatic rings. The van der Waals surface area contributed by atoms with Gasteiger partial charge < -0.3 is 10.5 Å². The Morgan fingerprint density at radius 3 is 3.00 bits per heavy atom. The summed E-state index contributed by atoms with van der Waals surface area (Å²) >= 11 is 5.97. The molecule has 0 bridgehead atoms. The molecule has 2 nitrogen and oxygen atoms in total. The number of thiocarbonyl (C=S) groups is 1. The van der Waals surface area contributed by atoms with E-state index in [1.807, 2.05) is 17.5 Å². The molecule has 9 heavy (non-hydrogen) atoms. The molecule has 0 atom stereocenters. The van der Waals surface area contributed by atoms with Crippen LogP contribution in [-0.2, 0) is 0 Å². The van der Waals surface area contributed by atoms with E-state index in [1.165, 1.54) is 11.3 Å². The lowest BCUT2D eigenvalue weighted by Crippen LogP contribution is -2.14. The van der Waals surface area contributed by atoms with Crippen LogP contribution in [0.15, 0.2) is 17.5 Å². The number of thiophene rings is 1. The van der Waals surface area contributed by atoms with Gasteiger partial charge in [0.2, 0.25) is 0 Å². The summed E-state index contributed by atoms with van der Waals surface area (Å²) in [6, 6.07) is 3.68. The summed E-state index contributed by atoms with van der Waals surface area (Å²) in [7, 11) is 0. The third-order valence-electron chi connectivity index (χ3n) is 0.696. The summed E-state index contributed by atoms with van der Waals surface area (Å²) in [4.78, 5) is 0. The van der Waals surface area contributed by atoms with Gasteiger partial charge in [0.05, 0.1) is 0 Å². The van der Waals surface area contributed by atoms with Crippen LogP contribution in [-0.4, -0.2) is 5.17 Å². The fourth-order valence-corrected chi connectivity index (χ4v) is 1.15. The second-order valence-corrected chi connectivity index (χ2v) is 2.67. The molecule has 0 unspecified atom stereocenters. The molecule has 1 aromatic heterocycles. The second-order valence-electron chi connectivity index (χ2n) is 1.35. The smallest absolute Gasteiger partial charge is 0.260 e. The first kappa shape index (κ1) is 6.51. The SMILES string of the molecule is NC(=S)Oc1cccs1. The van der Waals surface area contributed by atoms with E-state index in [4.69, 9.17) is 10.5 Å². The van der Waals surface area contributed by atoms with Crippen LogP contribution in [0.5, 0.6) is 5.06 Å². The molecule has 48 valence electrons. The quantitative estimate of drug-likeness (QED) is 0.628. The van der Waals surface area contributed by atoms with E-state index in [0.29, 0.717) is 0 Å². The van der Waals surface area contributed by atoms with Gasteiger partial charge in [-0.1, -0.05) is 0 Å². The van der Waals surface area contributed by atoms with Crippen LogP contribution >= 0.6 is 23.6 Å². The van der Waals surface area contributed by atoms with Crippen LogP contribution < -0.4 is 10.5 Å². The van der Waals surface area contributed by atoms with Gasteiger partial charge in [0.25, 0.3) is 5.17 Å². The van der Waals surface area contributed by atoms with E-state index in [-0.39, 0.29) is 5.17 Å². The maximum Gasteiger partial charge on any atom is 0.260 e. The molecule has 0 fully saturated rings. The molecule has 0 amide bonds. The zero-order valence-corrected chi connectivity index (χ0v) is 6.17. The summed E-state index contributed by atoms with van der Waals surface area (Å²) < 4.78 is 4.88. The van der Waals surface area contributed by atoms with Gasteiger partial charge in [0, 0.05) is 0 Å². The Hall–Kier alpha value is -0.610. The van der Waals surface area contributed by atoms with Gasteiger partial charge in [-0.25, -0.2) is 0 Å². The summed E-state index contributed by atoms with van der Waals surface area (Å²) in [6.45, 7) is 0. The zero-order valence-electron chi connectivity index (χ0n) is 4.53. The van der Waals surface area contributed by atoms with Gasteiger partial charge >= 0.3 is 0 Å². The van der Waals surface area contributed by atoms with Crippen LogP contribution in [0.3, 0.4) is 0 Å². The van der Waals surface area contributed by atoms with Crippen molar-refractivity contribution >= 4 is 28.7 Å². The first-order valence-corrected chi connectivity index (χ1v) is 3.58. The Kier molecular flexibility index (Phi) is 2.02. The molecular weight excluding hydrogens is 154 g/mol. The molecule has 2 N–H and O–H groups in total. The fourth-order valence-electron chi connectivity index (χ4n) is 0.421. The highest BCUT2D eigenvalue weighted by atomic mass is 32.1. The average Bonchev–Trinajstić information content (AvgIpc) is 2.15. The van der Waals surface area contributed by atoms with Crippen LogP contribution in [0.2, 0.25) is 0 Å². The minimum atomic E-state index is 0.0671. The van der Waals surface area contributed by atoms with Crippen molar-refractivity contribution in [3.63, 3.8) is 0 Å². The fraction of sp³-hybridized carbons (Fsp3) is 0. The Labute approximate surface area is 62.2 Å². The molecule has 1 aromatic rings. The van der Waals surface area contributed by atoms with E-state index >= 15 is 0 Å². The molecule has 0 aliphatic heterocycles. The summed E-state index contributed by atoms with van der Waals surface area (Å²) in [5, 5.41) is 2.70. The predicted octanol–water partition coefficient (Wildman–Crippen LogP) is 1.37. The number of hydrogen-bond acceptors (Lipinski definition) is 3. The molecule has 0 aromatic carbocycles. The monoisotopic (exact) mass is 159 g/mol. The lowest BCUT2D eigenvalue weighted by molar-refractivity contribution is 0.573. The second kappa shape index (κ2) is 2.80. The molecule has 0 radical (unpaired) electrons. The van der Waals surface area contributed by atoms with Gasteiger partial charge in [-0.15, -0.1) is 11.3 Å². The maximum atomic E-state index is 5.10. The highest BCUT2D eigenvalue weighted by Crippen LogP contribution is 2.17. The van der Waals surface area contributed by atoms with Crippen molar-refractivity contribution in [3.05, 3.63) is 17.5 Å². The van der Waals surface area contributed by atoms with Gasteiger partial charge in [0.15, 0.2) is 5.06 Å². The third-order valence-corrected chi connectivity index (χ3v) is 1.52. The van der Waals surface area contributed by atoms with Gasteiger partial charge in [-0.2, -0.15) is 0 Å². The van der Waals surface area contributed by atoms with Gasteiger partial charge in [-0.05, 0) is 29.7 Å². The standard InChI is InChI=1S/C5H5NOS2/c6-5(8)7-4-2-1-3-9-4/h1-3H,(H2,6,8). The minimum Gasteiger partial charge on any atom is -0.421 e. The van der Waals surface area contributed by atoms with E-state index in [0.717, 1.165) is 5.06 Å². The predicted molar refractivity (Wildman–Crippen MR) is 41.7 cm³/mol. The molecular formula is C5H5NOS2. The van der Waals surface area contributed by atoms with Gasteiger partial charge in [-0.3, -0.25) is 0 Å². The molecule has 0 aliphatic carbocycles. The van der Waals surface area contributed by atoms with Crippen LogP contribution in [0.25, 0.3) is 0 Å². The lowest BCUT2D eigenvalue weighted by Gasteiger charge is -1.94. The van der Waals surface area contributed by atoms with E-state index in [2.05, 4.69) is 12.2 Å². The number of nitrogens with two attached hydrogens (primary N) is 1. The largest absolute Gasteiger partial charge is 0.421 e. The highest BCUT2D eigenvalue weighted by Gasteiger charge is 1.92. The number of rotatable bonds is 1. The topological polar surface area (TPSA) is 35.2 Å². The molecule has 0 saturated heterocycles. The van der Waals surface area contributed by atoms with Crippen molar-refractivity contribution < 1.29 is 4.74 Å². The number of ether oxygens (including phenoxy) is 1.